The summed E-state index contributed by atoms with van der Waals surface area (Å²) in [5, 5.41) is 0. The summed E-state index contributed by atoms with van der Waals surface area (Å²) in [4.78, 5) is 11.1. The molecule has 0 fully saturated rings. The van der Waals surface area contributed by atoms with Crippen LogP contribution in [-0.2, 0) is 14.6 Å². The molecule has 13 heavy (non-hydrogen) atoms. The lowest BCUT2D eigenvalue weighted by Crippen LogP contribution is -2.11. The maximum absolute atomic E-state index is 11.1. The van der Waals surface area contributed by atoms with Crippen LogP contribution in [0.4, 0.5) is 0 Å². The smallest absolute Gasteiger partial charge is 0.147 e. The first kappa shape index (κ1) is 13.0. The van der Waals surface area contributed by atoms with Gasteiger partial charge in [-0.2, -0.15) is 11.8 Å². The zero-order valence-corrected chi connectivity index (χ0v) is 9.71. The van der Waals surface area contributed by atoms with Crippen LogP contribution in [-0.4, -0.2) is 37.7 Å². The predicted octanol–water partition coefficient (Wildman–Crippen LogP) is 1.13. The minimum Gasteiger partial charge on any atom is -0.299 e. The quantitative estimate of drug-likeness (QED) is 0.608. The number of carbonyl (C=O) groups excluding carboxylic acids is 1. The lowest BCUT2D eigenvalue weighted by Gasteiger charge is -1.98. The molecular formula is C8H16O3S2. The fourth-order valence-corrected chi connectivity index (χ4v) is 2.11. The predicted molar refractivity (Wildman–Crippen MR) is 57.0 cm³/mol. The summed E-state index contributed by atoms with van der Waals surface area (Å²) in [6.45, 7) is 2.05. The van der Waals surface area contributed by atoms with Crippen molar-refractivity contribution in [3.63, 3.8) is 0 Å². The van der Waals surface area contributed by atoms with Crippen LogP contribution in [0.3, 0.4) is 0 Å². The van der Waals surface area contributed by atoms with Gasteiger partial charge in [0, 0.05) is 12.7 Å². The average Bonchev–Trinajstić information content (AvgIpc) is 2.00. The third-order valence-corrected chi connectivity index (χ3v) is 3.53. The van der Waals surface area contributed by atoms with Gasteiger partial charge < -0.3 is 0 Å². The average molecular weight is 224 g/mol. The fourth-order valence-electron chi connectivity index (χ4n) is 0.702. The minimum atomic E-state index is -2.98. The van der Waals surface area contributed by atoms with Gasteiger partial charge in [-0.3, -0.25) is 4.79 Å². The first-order chi connectivity index (χ1) is 5.95. The van der Waals surface area contributed by atoms with E-state index >= 15 is 0 Å². The van der Waals surface area contributed by atoms with Crippen LogP contribution in [0.15, 0.2) is 0 Å². The van der Waals surface area contributed by atoms with E-state index in [1.165, 1.54) is 0 Å². The zero-order valence-electron chi connectivity index (χ0n) is 8.08. The van der Waals surface area contributed by atoms with Gasteiger partial charge >= 0.3 is 0 Å². The summed E-state index contributed by atoms with van der Waals surface area (Å²) in [7, 11) is -2.98. The Bertz CT molecular complexity index is 244. The summed E-state index contributed by atoms with van der Waals surface area (Å²) in [5.74, 6) is 1.43. The summed E-state index contributed by atoms with van der Waals surface area (Å²) in [6, 6.07) is 0. The van der Waals surface area contributed by atoms with Crippen LogP contribution in [0.2, 0.25) is 0 Å². The van der Waals surface area contributed by atoms with Gasteiger partial charge in [-0.25, -0.2) is 8.42 Å². The second kappa shape index (κ2) is 6.43. The van der Waals surface area contributed by atoms with Crippen molar-refractivity contribution >= 4 is 27.4 Å². The summed E-state index contributed by atoms with van der Waals surface area (Å²) < 4.78 is 21.4. The van der Waals surface area contributed by atoms with Crippen LogP contribution in [0.5, 0.6) is 0 Å². The number of hydrogen-bond acceptors (Lipinski definition) is 4. The molecule has 3 nitrogen and oxygen atoms in total. The number of sulfone groups is 1. The molecule has 0 aromatic heterocycles. The highest BCUT2D eigenvalue weighted by molar-refractivity contribution is 7.99. The SMILES string of the molecule is CCCSCC(=O)CCS(C)(=O)=O. The zero-order chi connectivity index (χ0) is 10.3. The topological polar surface area (TPSA) is 51.2 Å². The Morgan fingerprint density at radius 3 is 2.46 bits per heavy atom. The summed E-state index contributed by atoms with van der Waals surface area (Å²) in [6.07, 6.45) is 2.36. The van der Waals surface area contributed by atoms with Crippen LogP contribution in [0.25, 0.3) is 0 Å². The fraction of sp³-hybridized carbons (Fsp3) is 0.875. The van der Waals surface area contributed by atoms with E-state index in [0.717, 1.165) is 18.4 Å². The molecule has 0 aliphatic rings. The largest absolute Gasteiger partial charge is 0.299 e. The Morgan fingerprint density at radius 2 is 2.00 bits per heavy atom. The molecule has 0 aliphatic heterocycles. The summed E-state index contributed by atoms with van der Waals surface area (Å²) >= 11 is 1.57. The lowest BCUT2D eigenvalue weighted by molar-refractivity contribution is -0.116. The highest BCUT2D eigenvalue weighted by atomic mass is 32.2. The van der Waals surface area contributed by atoms with Gasteiger partial charge in [0.1, 0.15) is 15.6 Å². The van der Waals surface area contributed by atoms with E-state index in [9.17, 15) is 13.2 Å². The molecule has 0 bridgehead atoms. The molecule has 5 heteroatoms. The van der Waals surface area contributed by atoms with Crippen molar-refractivity contribution < 1.29 is 13.2 Å². The monoisotopic (exact) mass is 224 g/mol. The maximum atomic E-state index is 11.1. The van der Waals surface area contributed by atoms with E-state index in [1.54, 1.807) is 11.8 Å². The minimum absolute atomic E-state index is 0.0154. The standard InChI is InChI=1S/C8H16O3S2/c1-3-5-12-7-8(9)4-6-13(2,10)11/h3-7H2,1-2H3. The molecule has 0 N–H and O–H groups in total. The highest BCUT2D eigenvalue weighted by Crippen LogP contribution is 2.04. The molecule has 0 rings (SSSR count). The molecular weight excluding hydrogens is 208 g/mol. The molecule has 0 radical (unpaired) electrons. The van der Waals surface area contributed by atoms with Crippen LogP contribution in [0, 0.1) is 0 Å². The van der Waals surface area contributed by atoms with E-state index in [4.69, 9.17) is 0 Å². The molecule has 0 aliphatic carbocycles. The molecule has 0 atom stereocenters. The lowest BCUT2D eigenvalue weighted by atomic mass is 10.3. The molecule has 0 amide bonds. The van der Waals surface area contributed by atoms with Crippen molar-refractivity contribution in [2.24, 2.45) is 0 Å². The molecule has 0 spiro atoms. The number of hydrogen-bond donors (Lipinski definition) is 0. The van der Waals surface area contributed by atoms with Crippen LogP contribution < -0.4 is 0 Å². The number of thioether (sulfide) groups is 1. The highest BCUT2D eigenvalue weighted by Gasteiger charge is 2.07. The van der Waals surface area contributed by atoms with Crippen molar-refractivity contribution in [3.8, 4) is 0 Å². The molecule has 0 saturated heterocycles. The van der Waals surface area contributed by atoms with Crippen LogP contribution >= 0.6 is 11.8 Å². The van der Waals surface area contributed by atoms with Crippen molar-refractivity contribution in [3.05, 3.63) is 0 Å². The number of rotatable bonds is 7. The Balaban J connectivity index is 3.53. The number of Topliss-reactive ketones (excluding diaryl/α,β-unsaturated/α-hetero) is 1. The Kier molecular flexibility index (Phi) is 6.41. The number of carbonyl (C=O) groups is 1. The van der Waals surface area contributed by atoms with Crippen molar-refractivity contribution in [2.45, 2.75) is 19.8 Å². The van der Waals surface area contributed by atoms with Gasteiger partial charge in [-0.15, -0.1) is 0 Å². The van der Waals surface area contributed by atoms with E-state index in [0.29, 0.717) is 5.75 Å². The van der Waals surface area contributed by atoms with Gasteiger partial charge in [-0.05, 0) is 12.2 Å². The second-order valence-electron chi connectivity index (χ2n) is 2.97. The normalized spacial score (nSPS) is 11.5. The van der Waals surface area contributed by atoms with Gasteiger partial charge in [0.15, 0.2) is 0 Å². The van der Waals surface area contributed by atoms with Crippen molar-refractivity contribution in [2.75, 3.05) is 23.5 Å². The Hall–Kier alpha value is -0.0300. The molecule has 78 valence electrons. The third-order valence-electron chi connectivity index (χ3n) is 1.36. The molecule has 0 saturated carbocycles. The first-order valence-electron chi connectivity index (χ1n) is 4.23. The van der Waals surface area contributed by atoms with E-state index in [-0.39, 0.29) is 18.0 Å². The van der Waals surface area contributed by atoms with E-state index in [2.05, 4.69) is 0 Å². The number of ketones is 1. The van der Waals surface area contributed by atoms with Crippen molar-refractivity contribution in [1.29, 1.82) is 0 Å². The molecule has 0 aromatic carbocycles. The molecule has 0 heterocycles. The first-order valence-corrected chi connectivity index (χ1v) is 7.44. The Labute approximate surface area is 84.2 Å². The van der Waals surface area contributed by atoms with Crippen molar-refractivity contribution in [1.82, 2.24) is 0 Å². The van der Waals surface area contributed by atoms with Gasteiger partial charge in [-0.1, -0.05) is 6.92 Å². The van der Waals surface area contributed by atoms with E-state index < -0.39 is 9.84 Å². The molecule has 0 unspecified atom stereocenters. The summed E-state index contributed by atoms with van der Waals surface area (Å²) in [5.41, 5.74) is 0. The van der Waals surface area contributed by atoms with Crippen LogP contribution in [0.1, 0.15) is 19.8 Å². The second-order valence-corrected chi connectivity index (χ2v) is 6.34. The Morgan fingerprint density at radius 1 is 1.38 bits per heavy atom. The van der Waals surface area contributed by atoms with Gasteiger partial charge in [0.05, 0.1) is 11.5 Å². The molecule has 0 aromatic rings. The maximum Gasteiger partial charge on any atom is 0.147 e. The third kappa shape index (κ3) is 9.89. The van der Waals surface area contributed by atoms with E-state index in [1.807, 2.05) is 6.92 Å². The van der Waals surface area contributed by atoms with Gasteiger partial charge in [0.25, 0.3) is 0 Å². The van der Waals surface area contributed by atoms with Gasteiger partial charge in [0.2, 0.25) is 0 Å².